The molecule has 0 saturated carbocycles. The average molecular weight is 302 g/mol. The number of hydrogen-bond donors (Lipinski definition) is 1. The van der Waals surface area contributed by atoms with Crippen LogP contribution in [0.25, 0.3) is 0 Å². The van der Waals surface area contributed by atoms with Crippen molar-refractivity contribution in [2.24, 2.45) is 5.92 Å². The first-order valence-corrected chi connectivity index (χ1v) is 8.57. The Morgan fingerprint density at radius 3 is 2.80 bits per heavy atom. The van der Waals surface area contributed by atoms with E-state index in [2.05, 4.69) is 13.2 Å². The smallest absolute Gasteiger partial charge is 0.319 e. The molecule has 5 nitrogen and oxygen atoms in total. The molecule has 1 N–H and O–H groups in total. The molecule has 2 atom stereocenters. The van der Waals surface area contributed by atoms with Gasteiger partial charge >= 0.3 is 12.0 Å². The number of carbonyl (C=O) groups is 2. The summed E-state index contributed by atoms with van der Waals surface area (Å²) in [5, 5.41) is 8.87. The predicted octanol–water partition coefficient (Wildman–Crippen LogP) is 2.37. The molecule has 0 aromatic heterocycles. The van der Waals surface area contributed by atoms with E-state index in [1.807, 2.05) is 11.9 Å². The largest absolute Gasteiger partial charge is 0.481 e. The topological polar surface area (TPSA) is 60.9 Å². The van der Waals surface area contributed by atoms with Crippen molar-refractivity contribution in [1.29, 1.82) is 0 Å². The second kappa shape index (κ2) is 8.39. The Labute approximate surface area is 125 Å². The maximum atomic E-state index is 12.4. The van der Waals surface area contributed by atoms with Crippen LogP contribution in [0.3, 0.4) is 0 Å². The number of aliphatic carboxylic acids is 1. The molecule has 1 heterocycles. The fraction of sp³-hybridized carbons (Fsp3) is 0.857. The summed E-state index contributed by atoms with van der Waals surface area (Å²) in [6.07, 6.45) is 5.01. The SMILES string of the molecule is CSCCC(C)N(C)C(=O)N1CCCC(CC(=O)O)C1. The molecular formula is C14H26N2O3S. The standard InChI is InChI=1S/C14H26N2O3S/c1-11(6-8-20-3)15(2)14(19)16-7-4-5-12(10-16)9-13(17)18/h11-12H,4-10H2,1-3H3,(H,17,18). The molecule has 0 aromatic rings. The molecule has 0 radical (unpaired) electrons. The minimum Gasteiger partial charge on any atom is -0.481 e. The van der Waals surface area contributed by atoms with Crippen molar-refractivity contribution in [2.75, 3.05) is 32.1 Å². The molecular weight excluding hydrogens is 276 g/mol. The van der Waals surface area contributed by atoms with E-state index in [1.165, 1.54) is 0 Å². The van der Waals surface area contributed by atoms with Gasteiger partial charge in [-0.2, -0.15) is 11.8 Å². The van der Waals surface area contributed by atoms with Crippen LogP contribution in [0.4, 0.5) is 4.79 Å². The number of hydrogen-bond acceptors (Lipinski definition) is 3. The third kappa shape index (κ3) is 5.23. The van der Waals surface area contributed by atoms with Crippen molar-refractivity contribution in [3.63, 3.8) is 0 Å². The van der Waals surface area contributed by atoms with Crippen LogP contribution in [-0.2, 0) is 4.79 Å². The van der Waals surface area contributed by atoms with Gasteiger partial charge in [-0.05, 0) is 44.1 Å². The number of urea groups is 1. The molecule has 0 spiro atoms. The lowest BCUT2D eigenvalue weighted by Gasteiger charge is -2.36. The number of carboxylic acid groups (broad SMARTS) is 1. The second-order valence-electron chi connectivity index (χ2n) is 5.58. The van der Waals surface area contributed by atoms with Gasteiger partial charge in [0.15, 0.2) is 0 Å². The molecule has 0 aromatic carbocycles. The van der Waals surface area contributed by atoms with Gasteiger partial charge in [0, 0.05) is 32.6 Å². The molecule has 1 rings (SSSR count). The highest BCUT2D eigenvalue weighted by Gasteiger charge is 2.28. The molecule has 1 fully saturated rings. The van der Waals surface area contributed by atoms with Gasteiger partial charge in [0.1, 0.15) is 0 Å². The summed E-state index contributed by atoms with van der Waals surface area (Å²) in [7, 11) is 1.84. The summed E-state index contributed by atoms with van der Waals surface area (Å²) in [4.78, 5) is 26.8. The Bertz CT molecular complexity index is 338. The lowest BCUT2D eigenvalue weighted by atomic mass is 9.95. The lowest BCUT2D eigenvalue weighted by molar-refractivity contribution is -0.138. The Kier molecular flexibility index (Phi) is 7.19. The highest BCUT2D eigenvalue weighted by molar-refractivity contribution is 7.98. The van der Waals surface area contributed by atoms with E-state index < -0.39 is 5.97 Å². The zero-order chi connectivity index (χ0) is 15.1. The fourth-order valence-electron chi connectivity index (χ4n) is 2.55. The third-order valence-electron chi connectivity index (χ3n) is 3.96. The number of carboxylic acids is 1. The zero-order valence-corrected chi connectivity index (χ0v) is 13.5. The van der Waals surface area contributed by atoms with E-state index in [4.69, 9.17) is 5.11 Å². The van der Waals surface area contributed by atoms with Crippen LogP contribution >= 0.6 is 11.8 Å². The van der Waals surface area contributed by atoms with Crippen molar-refractivity contribution >= 4 is 23.8 Å². The van der Waals surface area contributed by atoms with Crippen molar-refractivity contribution in [3.05, 3.63) is 0 Å². The van der Waals surface area contributed by atoms with Gasteiger partial charge < -0.3 is 14.9 Å². The number of rotatable bonds is 6. The Morgan fingerprint density at radius 1 is 1.50 bits per heavy atom. The number of amides is 2. The summed E-state index contributed by atoms with van der Waals surface area (Å²) in [6, 6.07) is 0.253. The number of likely N-dealkylation sites (tertiary alicyclic amines) is 1. The molecule has 20 heavy (non-hydrogen) atoms. The number of piperidine rings is 1. The molecule has 116 valence electrons. The van der Waals surface area contributed by atoms with Gasteiger partial charge in [0.2, 0.25) is 0 Å². The van der Waals surface area contributed by atoms with Gasteiger partial charge in [-0.25, -0.2) is 4.79 Å². The maximum absolute atomic E-state index is 12.4. The van der Waals surface area contributed by atoms with Crippen molar-refractivity contribution in [2.45, 2.75) is 38.6 Å². The minimum atomic E-state index is -0.772. The van der Waals surface area contributed by atoms with Gasteiger partial charge in [0.25, 0.3) is 0 Å². The summed E-state index contributed by atoms with van der Waals surface area (Å²) in [5.74, 6) is 0.367. The Balaban J connectivity index is 2.50. The number of nitrogens with zero attached hydrogens (tertiary/aromatic N) is 2. The Morgan fingerprint density at radius 2 is 2.20 bits per heavy atom. The molecule has 1 aliphatic heterocycles. The molecule has 0 bridgehead atoms. The molecule has 6 heteroatoms. The van der Waals surface area contributed by atoms with E-state index in [0.29, 0.717) is 6.54 Å². The monoisotopic (exact) mass is 302 g/mol. The summed E-state index contributed by atoms with van der Waals surface area (Å²) in [5.41, 5.74) is 0. The van der Waals surface area contributed by atoms with Crippen molar-refractivity contribution in [1.82, 2.24) is 9.80 Å². The van der Waals surface area contributed by atoms with Crippen LogP contribution < -0.4 is 0 Å². The first-order valence-electron chi connectivity index (χ1n) is 7.18. The maximum Gasteiger partial charge on any atom is 0.319 e. The molecule has 2 unspecified atom stereocenters. The molecule has 1 aliphatic rings. The third-order valence-corrected chi connectivity index (χ3v) is 4.60. The van der Waals surface area contributed by atoms with Crippen LogP contribution in [0, 0.1) is 5.92 Å². The molecule has 0 aliphatic carbocycles. The average Bonchev–Trinajstić information content (AvgIpc) is 2.42. The van der Waals surface area contributed by atoms with Gasteiger partial charge in [-0.1, -0.05) is 0 Å². The summed E-state index contributed by atoms with van der Waals surface area (Å²) in [6.45, 7) is 3.38. The molecule has 1 saturated heterocycles. The number of carbonyl (C=O) groups excluding carboxylic acids is 1. The van der Waals surface area contributed by atoms with Gasteiger partial charge in [-0.3, -0.25) is 4.79 Å². The highest BCUT2D eigenvalue weighted by Crippen LogP contribution is 2.21. The number of thioether (sulfide) groups is 1. The fourth-order valence-corrected chi connectivity index (χ4v) is 3.12. The highest BCUT2D eigenvalue weighted by atomic mass is 32.2. The summed E-state index contributed by atoms with van der Waals surface area (Å²) < 4.78 is 0. The zero-order valence-electron chi connectivity index (χ0n) is 12.7. The van der Waals surface area contributed by atoms with Gasteiger partial charge in [-0.15, -0.1) is 0 Å². The predicted molar refractivity (Wildman–Crippen MR) is 82.2 cm³/mol. The van der Waals surface area contributed by atoms with E-state index in [1.54, 1.807) is 16.7 Å². The second-order valence-corrected chi connectivity index (χ2v) is 6.56. The first-order chi connectivity index (χ1) is 9.45. The quantitative estimate of drug-likeness (QED) is 0.818. The van der Waals surface area contributed by atoms with Crippen molar-refractivity contribution < 1.29 is 14.7 Å². The van der Waals surface area contributed by atoms with Crippen LogP contribution in [-0.4, -0.2) is 65.1 Å². The minimum absolute atomic E-state index is 0.0358. The lowest BCUT2D eigenvalue weighted by Crippen LogP contribution is -2.49. The normalized spacial score (nSPS) is 20.6. The van der Waals surface area contributed by atoms with Crippen LogP contribution in [0.2, 0.25) is 0 Å². The van der Waals surface area contributed by atoms with Crippen LogP contribution in [0.15, 0.2) is 0 Å². The Hall–Kier alpha value is -0.910. The van der Waals surface area contributed by atoms with Gasteiger partial charge in [0.05, 0.1) is 0 Å². The summed E-state index contributed by atoms with van der Waals surface area (Å²) >= 11 is 1.79. The van der Waals surface area contributed by atoms with Crippen LogP contribution in [0.1, 0.15) is 32.6 Å². The van der Waals surface area contributed by atoms with E-state index >= 15 is 0 Å². The van der Waals surface area contributed by atoms with E-state index in [-0.39, 0.29) is 24.4 Å². The molecule has 2 amide bonds. The first kappa shape index (κ1) is 17.1. The van der Waals surface area contributed by atoms with E-state index in [0.717, 1.165) is 31.6 Å². The van der Waals surface area contributed by atoms with Crippen molar-refractivity contribution in [3.8, 4) is 0 Å². The van der Waals surface area contributed by atoms with Crippen LogP contribution in [0.5, 0.6) is 0 Å². The van der Waals surface area contributed by atoms with E-state index in [9.17, 15) is 9.59 Å².